The summed E-state index contributed by atoms with van der Waals surface area (Å²) in [4.78, 5) is 61.7. The zero-order chi connectivity index (χ0) is 31.9. The van der Waals surface area contributed by atoms with Crippen LogP contribution in [0.1, 0.15) is 65.9 Å². The number of carbonyl (C=O) groups excluding carboxylic acids is 3. The average molecular weight is 621 g/mol. The Morgan fingerprint density at radius 2 is 1.80 bits per heavy atom. The maximum absolute atomic E-state index is 13.4. The summed E-state index contributed by atoms with van der Waals surface area (Å²) >= 11 is 6.34. The Morgan fingerprint density at radius 1 is 1.05 bits per heavy atom. The highest BCUT2D eigenvalue weighted by atomic mass is 35.5. The fourth-order valence-electron chi connectivity index (χ4n) is 4.26. The molecular formula is C31H33ClN6O6. The van der Waals surface area contributed by atoms with Crippen LogP contribution in [0, 0.1) is 0 Å². The van der Waals surface area contributed by atoms with E-state index in [1.165, 1.54) is 37.6 Å². The number of methoxy groups -OCH3 is 1. The highest BCUT2D eigenvalue weighted by Gasteiger charge is 2.20. The molecule has 0 spiro atoms. The van der Waals surface area contributed by atoms with Gasteiger partial charge in [-0.2, -0.15) is 4.98 Å². The van der Waals surface area contributed by atoms with Crippen LogP contribution in [-0.4, -0.2) is 52.1 Å². The summed E-state index contributed by atoms with van der Waals surface area (Å²) in [6.07, 6.45) is 2.01. The molecule has 44 heavy (non-hydrogen) atoms. The van der Waals surface area contributed by atoms with Gasteiger partial charge >= 0.3 is 12.1 Å². The van der Waals surface area contributed by atoms with Crippen LogP contribution in [0.5, 0.6) is 6.01 Å². The molecule has 0 aliphatic carbocycles. The Labute approximate surface area is 258 Å². The Morgan fingerprint density at radius 3 is 2.50 bits per heavy atom. The first-order chi connectivity index (χ1) is 20.9. The molecule has 12 nitrogen and oxygen atoms in total. The molecule has 4 rings (SSSR count). The number of pyridine rings is 1. The molecule has 0 bridgehead atoms. The van der Waals surface area contributed by atoms with Gasteiger partial charge in [-0.15, -0.1) is 0 Å². The predicted molar refractivity (Wildman–Crippen MR) is 166 cm³/mol. The van der Waals surface area contributed by atoms with Gasteiger partial charge in [0.15, 0.2) is 0 Å². The molecule has 1 unspecified atom stereocenters. The lowest BCUT2D eigenvalue weighted by Crippen LogP contribution is -2.34. The second-order valence-electron chi connectivity index (χ2n) is 10.8. The van der Waals surface area contributed by atoms with Gasteiger partial charge in [-0.05, 0) is 63.4 Å². The molecule has 0 aliphatic heterocycles. The number of ether oxygens (including phenoxy) is 2. The molecule has 4 aromatic rings. The number of nitrogens with one attached hydrogen (secondary N) is 4. The SMILES string of the molecule is COc1ncc2cc(C(=O)Nc3cc(C(=O)NC(CCCNC(=O)OC(C)(C)C)c4ccccc4)ccc3Cl)c(=O)[nH]c2n1. The molecule has 0 saturated carbocycles. The summed E-state index contributed by atoms with van der Waals surface area (Å²) in [5.74, 6) is -1.14. The number of aromatic amines is 1. The Balaban J connectivity index is 1.46. The van der Waals surface area contributed by atoms with E-state index in [1.54, 1.807) is 20.8 Å². The molecule has 1 atom stereocenters. The van der Waals surface area contributed by atoms with Gasteiger partial charge in [0, 0.05) is 23.7 Å². The summed E-state index contributed by atoms with van der Waals surface area (Å²) in [6, 6.07) is 15.0. The Bertz CT molecular complexity index is 1720. The lowest BCUT2D eigenvalue weighted by molar-refractivity contribution is 0.0525. The zero-order valence-corrected chi connectivity index (χ0v) is 25.4. The van der Waals surface area contributed by atoms with Crippen molar-refractivity contribution in [2.45, 2.75) is 45.3 Å². The summed E-state index contributed by atoms with van der Waals surface area (Å²) in [7, 11) is 1.40. The fraction of sp³-hybridized carbons (Fsp3) is 0.290. The first-order valence-electron chi connectivity index (χ1n) is 13.8. The van der Waals surface area contributed by atoms with Gasteiger partial charge in [0.05, 0.1) is 23.9 Å². The predicted octanol–water partition coefficient (Wildman–Crippen LogP) is 5.01. The van der Waals surface area contributed by atoms with Gasteiger partial charge < -0.3 is 30.4 Å². The van der Waals surface area contributed by atoms with E-state index in [9.17, 15) is 19.2 Å². The van der Waals surface area contributed by atoms with Crippen molar-refractivity contribution >= 4 is 46.2 Å². The number of amides is 3. The van der Waals surface area contributed by atoms with Gasteiger partial charge in [-0.1, -0.05) is 41.9 Å². The molecule has 2 aromatic heterocycles. The Kier molecular flexibility index (Phi) is 10.2. The standard InChI is InChI=1S/C31H33ClN6O6/c1-31(2,3)44-30(42)33-14-8-11-23(18-9-6-5-7-10-18)35-26(39)19-12-13-22(32)24(16-19)36-27(40)21-15-20-17-34-29(43-4)38-25(20)37-28(21)41/h5-7,9-10,12-13,15-17,23H,8,11,14H2,1-4H3,(H,33,42)(H,35,39)(H,36,40)(H,34,37,38,41). The van der Waals surface area contributed by atoms with Crippen LogP contribution in [0.25, 0.3) is 11.0 Å². The van der Waals surface area contributed by atoms with E-state index in [0.717, 1.165) is 5.56 Å². The number of hydrogen-bond acceptors (Lipinski definition) is 8. The van der Waals surface area contributed by atoms with E-state index in [4.69, 9.17) is 21.1 Å². The third-order valence-corrected chi connectivity index (χ3v) is 6.65. The highest BCUT2D eigenvalue weighted by molar-refractivity contribution is 6.34. The molecule has 2 heterocycles. The second-order valence-corrected chi connectivity index (χ2v) is 11.2. The highest BCUT2D eigenvalue weighted by Crippen LogP contribution is 2.25. The topological polar surface area (TPSA) is 164 Å². The minimum atomic E-state index is -0.733. The van der Waals surface area contributed by atoms with Gasteiger partial charge in [0.25, 0.3) is 17.4 Å². The van der Waals surface area contributed by atoms with E-state index in [0.29, 0.717) is 24.8 Å². The Hall–Kier alpha value is -4.97. The number of halogens is 1. The van der Waals surface area contributed by atoms with Crippen LogP contribution >= 0.6 is 11.6 Å². The lowest BCUT2D eigenvalue weighted by Gasteiger charge is -2.21. The fourth-order valence-corrected chi connectivity index (χ4v) is 4.42. The van der Waals surface area contributed by atoms with Crippen molar-refractivity contribution in [1.82, 2.24) is 25.6 Å². The number of H-pyrrole nitrogens is 1. The number of anilines is 1. The molecular weight excluding hydrogens is 588 g/mol. The maximum Gasteiger partial charge on any atom is 0.407 e. The van der Waals surface area contributed by atoms with Gasteiger partial charge in [0.2, 0.25) is 0 Å². The van der Waals surface area contributed by atoms with Crippen molar-refractivity contribution in [2.75, 3.05) is 19.0 Å². The van der Waals surface area contributed by atoms with Crippen molar-refractivity contribution in [2.24, 2.45) is 0 Å². The molecule has 230 valence electrons. The van der Waals surface area contributed by atoms with Crippen LogP contribution in [0.3, 0.4) is 0 Å². The molecule has 2 aromatic carbocycles. The first kappa shape index (κ1) is 32.0. The number of carbonyl (C=O) groups is 3. The van der Waals surface area contributed by atoms with Crippen molar-refractivity contribution in [3.8, 4) is 6.01 Å². The normalized spacial score (nSPS) is 11.8. The number of hydrogen-bond donors (Lipinski definition) is 4. The van der Waals surface area contributed by atoms with Gasteiger partial charge in [-0.25, -0.2) is 9.78 Å². The van der Waals surface area contributed by atoms with E-state index >= 15 is 0 Å². The number of aromatic nitrogens is 3. The van der Waals surface area contributed by atoms with E-state index < -0.39 is 29.1 Å². The van der Waals surface area contributed by atoms with E-state index in [-0.39, 0.29) is 39.5 Å². The third-order valence-electron chi connectivity index (χ3n) is 6.32. The number of rotatable bonds is 10. The van der Waals surface area contributed by atoms with Crippen molar-refractivity contribution in [3.05, 3.63) is 92.9 Å². The summed E-state index contributed by atoms with van der Waals surface area (Å²) in [6.45, 7) is 5.73. The molecule has 4 N–H and O–H groups in total. The zero-order valence-electron chi connectivity index (χ0n) is 24.7. The largest absolute Gasteiger partial charge is 0.467 e. The molecule has 0 aliphatic rings. The molecule has 0 fully saturated rings. The van der Waals surface area contributed by atoms with Gasteiger partial charge in [-0.3, -0.25) is 14.4 Å². The molecule has 13 heteroatoms. The van der Waals surface area contributed by atoms with E-state index in [1.807, 2.05) is 30.3 Å². The molecule has 0 radical (unpaired) electrons. The minimum absolute atomic E-state index is 0.0687. The number of nitrogens with zero attached hydrogens (tertiary/aromatic N) is 2. The van der Waals surface area contributed by atoms with Crippen LogP contribution in [-0.2, 0) is 4.74 Å². The maximum atomic E-state index is 13.4. The second kappa shape index (κ2) is 14.0. The average Bonchev–Trinajstić information content (AvgIpc) is 2.98. The minimum Gasteiger partial charge on any atom is -0.467 e. The summed E-state index contributed by atoms with van der Waals surface area (Å²) < 4.78 is 10.2. The lowest BCUT2D eigenvalue weighted by atomic mass is 10.0. The van der Waals surface area contributed by atoms with E-state index in [2.05, 4.69) is 30.9 Å². The molecule has 3 amide bonds. The first-order valence-corrected chi connectivity index (χ1v) is 14.2. The summed E-state index contributed by atoms with van der Waals surface area (Å²) in [5, 5.41) is 8.97. The van der Waals surface area contributed by atoms with Crippen molar-refractivity contribution < 1.29 is 23.9 Å². The number of alkyl carbamates (subject to hydrolysis) is 1. The summed E-state index contributed by atoms with van der Waals surface area (Å²) in [5.41, 5.74) is 0.0181. The molecule has 0 saturated heterocycles. The smallest absolute Gasteiger partial charge is 0.407 e. The quantitative estimate of drug-likeness (QED) is 0.180. The van der Waals surface area contributed by atoms with Gasteiger partial charge in [0.1, 0.15) is 16.8 Å². The third kappa shape index (κ3) is 8.54. The number of fused-ring (bicyclic) bond motifs is 1. The van der Waals surface area contributed by atoms with Crippen LogP contribution in [0.4, 0.5) is 10.5 Å². The number of benzene rings is 2. The van der Waals surface area contributed by atoms with Crippen LogP contribution < -0.4 is 26.2 Å². The van der Waals surface area contributed by atoms with Crippen molar-refractivity contribution in [3.63, 3.8) is 0 Å². The van der Waals surface area contributed by atoms with Crippen molar-refractivity contribution in [1.29, 1.82) is 0 Å². The van der Waals surface area contributed by atoms with Crippen LogP contribution in [0.2, 0.25) is 5.02 Å². The van der Waals surface area contributed by atoms with Crippen LogP contribution in [0.15, 0.2) is 65.6 Å². The monoisotopic (exact) mass is 620 g/mol.